The molecule has 0 spiro atoms. The molecule has 1 atom stereocenters. The van der Waals surface area contributed by atoms with Crippen LogP contribution in [0.4, 0.5) is 25.0 Å². The van der Waals surface area contributed by atoms with Crippen molar-refractivity contribution >= 4 is 17.4 Å². The maximum absolute atomic E-state index is 13.4. The summed E-state index contributed by atoms with van der Waals surface area (Å²) >= 11 is 0. The first-order valence-electron chi connectivity index (χ1n) is 6.34. The van der Waals surface area contributed by atoms with E-state index >= 15 is 0 Å². The smallest absolute Gasteiger partial charge is 0.323 e. The molecule has 110 valence electrons. The van der Waals surface area contributed by atoms with Crippen molar-refractivity contribution < 1.29 is 13.6 Å². The molecule has 1 unspecified atom stereocenters. The molecule has 0 heterocycles. The minimum atomic E-state index is -0.709. The van der Waals surface area contributed by atoms with Crippen molar-refractivity contribution in [1.82, 2.24) is 0 Å². The molecule has 0 aromatic heterocycles. The Morgan fingerprint density at radius 3 is 2.38 bits per heavy atom. The largest absolute Gasteiger partial charge is 0.324 e. The van der Waals surface area contributed by atoms with E-state index in [1.54, 1.807) is 24.3 Å². The van der Waals surface area contributed by atoms with Crippen LogP contribution in [0.5, 0.6) is 0 Å². The van der Waals surface area contributed by atoms with Crippen molar-refractivity contribution in [3.05, 3.63) is 59.7 Å². The predicted molar refractivity (Wildman–Crippen MR) is 78.0 cm³/mol. The third-order valence-electron chi connectivity index (χ3n) is 2.87. The Hall–Kier alpha value is -2.47. The van der Waals surface area contributed by atoms with Crippen LogP contribution in [0.25, 0.3) is 0 Å². The predicted octanol–water partition coefficient (Wildman–Crippen LogP) is 3.63. The van der Waals surface area contributed by atoms with Crippen LogP contribution in [-0.2, 0) is 0 Å². The molecular weight excluding hydrogens is 276 g/mol. The number of carbonyl (C=O) groups excluding carboxylic acids is 1. The number of anilines is 2. The lowest BCUT2D eigenvalue weighted by Gasteiger charge is -2.10. The van der Waals surface area contributed by atoms with E-state index < -0.39 is 17.7 Å². The first-order chi connectivity index (χ1) is 9.95. The number of urea groups is 1. The maximum Gasteiger partial charge on any atom is 0.323 e. The van der Waals surface area contributed by atoms with Gasteiger partial charge in [-0.2, -0.15) is 0 Å². The van der Waals surface area contributed by atoms with Crippen LogP contribution in [0.1, 0.15) is 18.5 Å². The SMILES string of the molecule is CC(N)c1ccc(NC(=O)Nc2cc(F)ccc2F)cc1. The molecule has 6 heteroatoms. The number of amides is 2. The number of halogens is 2. The van der Waals surface area contributed by atoms with E-state index in [0.717, 1.165) is 23.8 Å². The topological polar surface area (TPSA) is 67.1 Å². The summed E-state index contributed by atoms with van der Waals surface area (Å²) in [4.78, 5) is 11.7. The van der Waals surface area contributed by atoms with E-state index in [0.29, 0.717) is 5.69 Å². The second-order valence-corrected chi connectivity index (χ2v) is 4.61. The second-order valence-electron chi connectivity index (χ2n) is 4.61. The van der Waals surface area contributed by atoms with Crippen molar-refractivity contribution in [3.8, 4) is 0 Å². The van der Waals surface area contributed by atoms with Gasteiger partial charge in [-0.05, 0) is 36.8 Å². The molecule has 0 aliphatic carbocycles. The monoisotopic (exact) mass is 291 g/mol. The molecule has 0 aliphatic heterocycles. The van der Waals surface area contributed by atoms with Gasteiger partial charge in [0.25, 0.3) is 0 Å². The highest BCUT2D eigenvalue weighted by atomic mass is 19.1. The fourth-order valence-electron chi connectivity index (χ4n) is 1.75. The van der Waals surface area contributed by atoms with Gasteiger partial charge < -0.3 is 16.4 Å². The van der Waals surface area contributed by atoms with Crippen molar-refractivity contribution in [1.29, 1.82) is 0 Å². The van der Waals surface area contributed by atoms with Crippen molar-refractivity contribution in [2.24, 2.45) is 5.73 Å². The summed E-state index contributed by atoms with van der Waals surface area (Å²) in [6, 6.07) is 9.00. The van der Waals surface area contributed by atoms with Crippen LogP contribution >= 0.6 is 0 Å². The van der Waals surface area contributed by atoms with E-state index in [9.17, 15) is 13.6 Å². The molecule has 0 aliphatic rings. The molecule has 2 rings (SSSR count). The Morgan fingerprint density at radius 2 is 1.76 bits per heavy atom. The molecule has 0 bridgehead atoms. The van der Waals surface area contributed by atoms with Gasteiger partial charge in [0.05, 0.1) is 5.69 Å². The van der Waals surface area contributed by atoms with Crippen LogP contribution in [0.2, 0.25) is 0 Å². The third-order valence-corrected chi connectivity index (χ3v) is 2.87. The van der Waals surface area contributed by atoms with Gasteiger partial charge in [-0.15, -0.1) is 0 Å². The van der Waals surface area contributed by atoms with Crippen LogP contribution < -0.4 is 16.4 Å². The number of rotatable bonds is 3. The van der Waals surface area contributed by atoms with Gasteiger partial charge in [0.15, 0.2) is 0 Å². The summed E-state index contributed by atoms with van der Waals surface area (Å²) in [6.45, 7) is 1.85. The standard InChI is InChI=1S/C15H15F2N3O/c1-9(18)10-2-5-12(6-3-10)19-15(21)20-14-8-11(16)4-7-13(14)17/h2-9H,18H2,1H3,(H2,19,20,21). The Kier molecular flexibility index (Phi) is 4.49. The van der Waals surface area contributed by atoms with Gasteiger partial charge in [0, 0.05) is 17.8 Å². The van der Waals surface area contributed by atoms with Crippen LogP contribution in [0, 0.1) is 11.6 Å². The highest BCUT2D eigenvalue weighted by Crippen LogP contribution is 2.17. The van der Waals surface area contributed by atoms with Gasteiger partial charge in [-0.3, -0.25) is 0 Å². The Bertz CT molecular complexity index is 642. The fraction of sp³-hybridized carbons (Fsp3) is 0.133. The number of nitrogens with one attached hydrogen (secondary N) is 2. The first kappa shape index (κ1) is 14.9. The molecule has 0 fully saturated rings. The van der Waals surface area contributed by atoms with Gasteiger partial charge in [-0.1, -0.05) is 12.1 Å². The van der Waals surface area contributed by atoms with Crippen LogP contribution in [0.3, 0.4) is 0 Å². The molecular formula is C15H15F2N3O. The molecule has 4 nitrogen and oxygen atoms in total. The van der Waals surface area contributed by atoms with E-state index in [1.165, 1.54) is 0 Å². The van der Waals surface area contributed by atoms with Gasteiger partial charge >= 0.3 is 6.03 Å². The molecule has 21 heavy (non-hydrogen) atoms. The number of benzene rings is 2. The van der Waals surface area contributed by atoms with Gasteiger partial charge in [-0.25, -0.2) is 13.6 Å². The van der Waals surface area contributed by atoms with E-state index in [1.807, 2.05) is 6.92 Å². The lowest BCUT2D eigenvalue weighted by Crippen LogP contribution is -2.20. The number of hydrogen-bond donors (Lipinski definition) is 3. The number of nitrogens with two attached hydrogens (primary N) is 1. The van der Waals surface area contributed by atoms with Crippen molar-refractivity contribution in [2.75, 3.05) is 10.6 Å². The van der Waals surface area contributed by atoms with Gasteiger partial charge in [0.2, 0.25) is 0 Å². The second kappa shape index (κ2) is 6.32. The average molecular weight is 291 g/mol. The van der Waals surface area contributed by atoms with Crippen molar-refractivity contribution in [3.63, 3.8) is 0 Å². The molecule has 2 aromatic rings. The van der Waals surface area contributed by atoms with E-state index in [4.69, 9.17) is 5.73 Å². The lowest BCUT2D eigenvalue weighted by molar-refractivity contribution is 0.262. The highest BCUT2D eigenvalue weighted by molar-refractivity contribution is 5.99. The van der Waals surface area contributed by atoms with Gasteiger partial charge in [0.1, 0.15) is 11.6 Å². The Morgan fingerprint density at radius 1 is 1.10 bits per heavy atom. The quantitative estimate of drug-likeness (QED) is 0.808. The molecule has 0 saturated heterocycles. The number of hydrogen-bond acceptors (Lipinski definition) is 2. The minimum Gasteiger partial charge on any atom is -0.324 e. The summed E-state index contributed by atoms with van der Waals surface area (Å²) in [6.07, 6.45) is 0. The summed E-state index contributed by atoms with van der Waals surface area (Å²) in [5.74, 6) is -1.34. The average Bonchev–Trinajstić information content (AvgIpc) is 2.43. The summed E-state index contributed by atoms with van der Waals surface area (Å²) in [7, 11) is 0. The zero-order chi connectivity index (χ0) is 15.4. The zero-order valence-electron chi connectivity index (χ0n) is 11.4. The zero-order valence-corrected chi connectivity index (χ0v) is 11.4. The van der Waals surface area contributed by atoms with Crippen LogP contribution in [0.15, 0.2) is 42.5 Å². The summed E-state index contributed by atoms with van der Waals surface area (Å²) < 4.78 is 26.4. The van der Waals surface area contributed by atoms with Crippen LogP contribution in [-0.4, -0.2) is 6.03 Å². The van der Waals surface area contributed by atoms with Crippen molar-refractivity contribution in [2.45, 2.75) is 13.0 Å². The lowest BCUT2D eigenvalue weighted by atomic mass is 10.1. The van der Waals surface area contributed by atoms with E-state index in [2.05, 4.69) is 10.6 Å². The van der Waals surface area contributed by atoms with E-state index in [-0.39, 0.29) is 11.7 Å². The summed E-state index contributed by atoms with van der Waals surface area (Å²) in [5, 5.41) is 4.77. The molecule has 0 saturated carbocycles. The number of carbonyl (C=O) groups is 1. The Labute approximate surface area is 121 Å². The minimum absolute atomic E-state index is 0.103. The molecule has 4 N–H and O–H groups in total. The maximum atomic E-state index is 13.4. The molecule has 2 aromatic carbocycles. The summed E-state index contributed by atoms with van der Waals surface area (Å²) in [5.41, 5.74) is 6.95. The normalized spacial score (nSPS) is 11.8. The third kappa shape index (κ3) is 4.00. The fourth-order valence-corrected chi connectivity index (χ4v) is 1.75. The molecule has 2 amide bonds. The Balaban J connectivity index is 2.03. The first-order valence-corrected chi connectivity index (χ1v) is 6.34. The molecule has 0 radical (unpaired) electrons. The highest BCUT2D eigenvalue weighted by Gasteiger charge is 2.08.